The second kappa shape index (κ2) is 27.1. The number of carbonyl (C=O) groups excluding carboxylic acids is 1. The molecular formula is C31H66O6. The summed E-state index contributed by atoms with van der Waals surface area (Å²) in [6.45, 7) is 21.4. The zero-order chi connectivity index (χ0) is 29.4. The molecule has 0 amide bonds. The van der Waals surface area contributed by atoms with Gasteiger partial charge < -0.3 is 25.2 Å². The summed E-state index contributed by atoms with van der Waals surface area (Å²) in [4.78, 5) is 11.2. The fraction of sp³-hybridized carbons (Fsp3) is 0.968. The summed E-state index contributed by atoms with van der Waals surface area (Å²) in [6, 6.07) is 0. The molecule has 6 heteroatoms. The minimum Gasteiger partial charge on any atom is -0.393 e. The second-order valence-corrected chi connectivity index (χ2v) is 11.0. The van der Waals surface area contributed by atoms with Crippen molar-refractivity contribution in [1.82, 2.24) is 0 Å². The molecule has 0 aromatic carbocycles. The lowest BCUT2D eigenvalue weighted by Gasteiger charge is -2.30. The van der Waals surface area contributed by atoms with Gasteiger partial charge in [-0.2, -0.15) is 0 Å². The Hall–Kier alpha value is -0.530. The summed E-state index contributed by atoms with van der Waals surface area (Å²) in [5.74, 6) is 2.24. The molecule has 4 N–H and O–H groups in total. The summed E-state index contributed by atoms with van der Waals surface area (Å²) in [5, 5.41) is 36.1. The molecule has 1 saturated carbocycles. The quantitative estimate of drug-likeness (QED) is 0.213. The van der Waals surface area contributed by atoms with Crippen molar-refractivity contribution < 1.29 is 30.0 Å². The van der Waals surface area contributed by atoms with Crippen LogP contribution in [0.15, 0.2) is 0 Å². The van der Waals surface area contributed by atoms with Gasteiger partial charge in [-0.05, 0) is 63.2 Å². The minimum absolute atomic E-state index is 0.0151. The Bertz CT molecular complexity index is 474. The third kappa shape index (κ3) is 26.8. The van der Waals surface area contributed by atoms with E-state index in [0.29, 0.717) is 31.3 Å². The molecule has 226 valence electrons. The number of ether oxygens (including phenoxy) is 1. The average molecular weight is 535 g/mol. The summed E-state index contributed by atoms with van der Waals surface area (Å²) in [6.07, 6.45) is 8.63. The lowest BCUT2D eigenvalue weighted by Crippen LogP contribution is -2.26. The van der Waals surface area contributed by atoms with Gasteiger partial charge in [0.25, 0.3) is 0 Å². The number of Topliss-reactive ketones (excluding diaryl/α,β-unsaturated/α-hetero) is 1. The molecule has 0 bridgehead atoms. The first-order valence-electron chi connectivity index (χ1n) is 15.1. The van der Waals surface area contributed by atoms with Crippen LogP contribution in [-0.2, 0) is 9.53 Å². The Morgan fingerprint density at radius 2 is 1.35 bits per heavy atom. The molecule has 0 heterocycles. The van der Waals surface area contributed by atoms with Crippen LogP contribution in [0.25, 0.3) is 0 Å². The van der Waals surface area contributed by atoms with Gasteiger partial charge in [0.2, 0.25) is 0 Å². The Morgan fingerprint density at radius 1 is 0.811 bits per heavy atom. The Balaban J connectivity index is -0.000000430. The standard InChI is InChI=1S/C9H20O2.C9H18O2.C9H18O.C4H10O/c1-4-8(3)6-11-7-9(10)5-2;1-4-7(3)9(11)6-8(10)5-2;1-3-8-5-4-7(2)9(10)6-8;1-3-4(2)5/h8-10H,4-7H2,1-3H3;7-8,10H,4-6H2,1-3H3;7-10H,3-6H2,1-2H3;4-5H,3H2,1-2H3. The number of carbonyl (C=O) groups is 1. The van der Waals surface area contributed by atoms with Crippen molar-refractivity contribution in [2.45, 2.75) is 158 Å². The highest BCUT2D eigenvalue weighted by atomic mass is 16.5. The zero-order valence-electron chi connectivity index (χ0n) is 26.2. The topological polar surface area (TPSA) is 107 Å². The maximum atomic E-state index is 11.2. The molecule has 1 aliphatic rings. The van der Waals surface area contributed by atoms with Crippen molar-refractivity contribution in [2.75, 3.05) is 13.2 Å². The van der Waals surface area contributed by atoms with Crippen LogP contribution < -0.4 is 0 Å². The van der Waals surface area contributed by atoms with E-state index >= 15 is 0 Å². The number of aliphatic hydroxyl groups excluding tert-OH is 4. The lowest BCUT2D eigenvalue weighted by atomic mass is 9.80. The van der Waals surface area contributed by atoms with Crippen molar-refractivity contribution in [3.8, 4) is 0 Å². The minimum atomic E-state index is -0.434. The second-order valence-electron chi connectivity index (χ2n) is 11.0. The average Bonchev–Trinajstić information content (AvgIpc) is 2.90. The van der Waals surface area contributed by atoms with E-state index in [1.807, 2.05) is 34.6 Å². The van der Waals surface area contributed by atoms with Crippen molar-refractivity contribution in [3.63, 3.8) is 0 Å². The third-order valence-corrected chi connectivity index (χ3v) is 7.38. The van der Waals surface area contributed by atoms with Crippen molar-refractivity contribution in [1.29, 1.82) is 0 Å². The fourth-order valence-corrected chi connectivity index (χ4v) is 3.20. The summed E-state index contributed by atoms with van der Waals surface area (Å²) in [7, 11) is 0. The number of aliphatic hydroxyl groups is 4. The van der Waals surface area contributed by atoms with Crippen LogP contribution in [0.2, 0.25) is 0 Å². The summed E-state index contributed by atoms with van der Waals surface area (Å²) >= 11 is 0. The van der Waals surface area contributed by atoms with Crippen LogP contribution in [0.5, 0.6) is 0 Å². The van der Waals surface area contributed by atoms with E-state index < -0.39 is 6.10 Å². The Kier molecular flexibility index (Phi) is 29.9. The molecule has 1 rings (SSSR count). The first kappa shape index (κ1) is 41.0. The number of hydrogen-bond acceptors (Lipinski definition) is 6. The van der Waals surface area contributed by atoms with Gasteiger partial charge in [-0.3, -0.25) is 4.79 Å². The molecule has 6 nitrogen and oxygen atoms in total. The first-order valence-corrected chi connectivity index (χ1v) is 15.1. The maximum absolute atomic E-state index is 11.2. The lowest BCUT2D eigenvalue weighted by molar-refractivity contribution is -0.124. The van der Waals surface area contributed by atoms with E-state index in [1.54, 1.807) is 6.92 Å². The predicted molar refractivity (Wildman–Crippen MR) is 157 cm³/mol. The number of rotatable bonds is 13. The van der Waals surface area contributed by atoms with Gasteiger partial charge in [0, 0.05) is 18.9 Å². The molecular weight excluding hydrogens is 468 g/mol. The van der Waals surface area contributed by atoms with Gasteiger partial charge in [-0.15, -0.1) is 0 Å². The van der Waals surface area contributed by atoms with Gasteiger partial charge in [0.15, 0.2) is 0 Å². The maximum Gasteiger partial charge on any atom is 0.138 e. The van der Waals surface area contributed by atoms with Gasteiger partial charge >= 0.3 is 0 Å². The van der Waals surface area contributed by atoms with Crippen molar-refractivity contribution in [3.05, 3.63) is 0 Å². The smallest absolute Gasteiger partial charge is 0.138 e. The molecule has 0 aromatic rings. The normalized spacial score (nSPS) is 22.9. The molecule has 1 aliphatic carbocycles. The van der Waals surface area contributed by atoms with E-state index in [-0.39, 0.29) is 30.0 Å². The van der Waals surface area contributed by atoms with Crippen LogP contribution in [0.3, 0.4) is 0 Å². The van der Waals surface area contributed by atoms with E-state index in [9.17, 15) is 9.90 Å². The van der Waals surface area contributed by atoms with Crippen LogP contribution in [0, 0.1) is 23.7 Å². The highest BCUT2D eigenvalue weighted by Gasteiger charge is 2.24. The van der Waals surface area contributed by atoms with E-state index in [0.717, 1.165) is 44.6 Å². The van der Waals surface area contributed by atoms with E-state index in [1.165, 1.54) is 19.3 Å². The van der Waals surface area contributed by atoms with Gasteiger partial charge in [-0.1, -0.05) is 81.6 Å². The van der Waals surface area contributed by atoms with E-state index in [4.69, 9.17) is 20.1 Å². The number of ketones is 1. The van der Waals surface area contributed by atoms with Crippen molar-refractivity contribution in [2.24, 2.45) is 23.7 Å². The summed E-state index contributed by atoms with van der Waals surface area (Å²) < 4.78 is 5.29. The van der Waals surface area contributed by atoms with E-state index in [2.05, 4.69) is 27.7 Å². The van der Waals surface area contributed by atoms with Gasteiger partial charge in [0.1, 0.15) is 5.78 Å². The highest BCUT2D eigenvalue weighted by Crippen LogP contribution is 2.30. The molecule has 8 unspecified atom stereocenters. The molecule has 0 saturated heterocycles. The fourth-order valence-electron chi connectivity index (χ4n) is 3.20. The Morgan fingerprint density at radius 3 is 1.73 bits per heavy atom. The number of hydrogen-bond donors (Lipinski definition) is 4. The molecule has 0 radical (unpaired) electrons. The molecule has 0 spiro atoms. The molecule has 8 atom stereocenters. The van der Waals surface area contributed by atoms with Crippen LogP contribution in [0.4, 0.5) is 0 Å². The molecule has 1 fully saturated rings. The first-order chi connectivity index (χ1) is 17.3. The molecule has 37 heavy (non-hydrogen) atoms. The van der Waals surface area contributed by atoms with Crippen LogP contribution in [0.1, 0.15) is 133 Å². The van der Waals surface area contributed by atoms with Gasteiger partial charge in [-0.25, -0.2) is 0 Å². The zero-order valence-corrected chi connectivity index (χ0v) is 26.2. The van der Waals surface area contributed by atoms with Crippen LogP contribution in [-0.4, -0.2) is 63.8 Å². The molecule has 0 aromatic heterocycles. The highest BCUT2D eigenvalue weighted by molar-refractivity contribution is 5.80. The van der Waals surface area contributed by atoms with Gasteiger partial charge in [0.05, 0.1) is 31.0 Å². The largest absolute Gasteiger partial charge is 0.393 e. The molecule has 0 aliphatic heterocycles. The van der Waals surface area contributed by atoms with Crippen molar-refractivity contribution >= 4 is 5.78 Å². The monoisotopic (exact) mass is 534 g/mol. The third-order valence-electron chi connectivity index (χ3n) is 7.38. The Labute approximate surface area is 230 Å². The SMILES string of the molecule is CCC(C)COCC(O)CC.CCC(C)O.CCC(O)CC(=O)C(C)CC.CCC1CCC(C)C(O)C1. The predicted octanol–water partition coefficient (Wildman–Crippen LogP) is 6.55. The summed E-state index contributed by atoms with van der Waals surface area (Å²) in [5.41, 5.74) is 0. The van der Waals surface area contributed by atoms with Crippen LogP contribution >= 0.6 is 0 Å².